The van der Waals surface area contributed by atoms with Crippen molar-refractivity contribution in [1.29, 1.82) is 0 Å². The summed E-state index contributed by atoms with van der Waals surface area (Å²) in [7, 11) is 3.16. The maximum absolute atomic E-state index is 13.1. The highest BCUT2D eigenvalue weighted by molar-refractivity contribution is 6.17. The molecule has 1 saturated heterocycles. The number of likely N-dealkylation sites (tertiary alicyclic amines) is 1. The van der Waals surface area contributed by atoms with E-state index in [-0.39, 0.29) is 18.5 Å². The Balaban J connectivity index is 1.45. The lowest BCUT2D eigenvalue weighted by Gasteiger charge is -2.34. The second-order valence-corrected chi connectivity index (χ2v) is 10.8. The lowest BCUT2D eigenvalue weighted by Crippen LogP contribution is -2.39. The van der Waals surface area contributed by atoms with Gasteiger partial charge in [-0.15, -0.1) is 0 Å². The Bertz CT molecular complexity index is 1500. The predicted octanol–water partition coefficient (Wildman–Crippen LogP) is 5.28. The minimum Gasteiger partial charge on any atom is -0.487 e. The van der Waals surface area contributed by atoms with Crippen molar-refractivity contribution < 1.29 is 23.8 Å². The number of rotatable bonds is 13. The summed E-state index contributed by atoms with van der Waals surface area (Å²) in [6.07, 6.45) is 10.2. The molecular weight excluding hydrogens is 560 g/mol. The van der Waals surface area contributed by atoms with Gasteiger partial charge in [-0.3, -0.25) is 14.4 Å². The summed E-state index contributed by atoms with van der Waals surface area (Å²) in [5.74, 6) is 1.77. The fraction of sp³-hybridized carbons (Fsp3) is 0.394. The SMILES string of the molecule is C=C/C=C(\C=N/CC1CCN(C(C)C)CC1)C(=O)Nc1cc(Oc2cc3ccn(C(=O)NC)c3cc2OCCOC)ccn1. The van der Waals surface area contributed by atoms with E-state index in [0.717, 1.165) is 31.3 Å². The van der Waals surface area contributed by atoms with E-state index < -0.39 is 0 Å². The summed E-state index contributed by atoms with van der Waals surface area (Å²) >= 11 is 0. The first-order valence-electron chi connectivity index (χ1n) is 14.8. The van der Waals surface area contributed by atoms with Crippen LogP contribution in [0.2, 0.25) is 0 Å². The summed E-state index contributed by atoms with van der Waals surface area (Å²) in [6.45, 7) is 11.7. The van der Waals surface area contributed by atoms with Crippen molar-refractivity contribution in [1.82, 2.24) is 19.8 Å². The van der Waals surface area contributed by atoms with Gasteiger partial charge in [0.15, 0.2) is 11.5 Å². The molecule has 4 rings (SSSR count). The monoisotopic (exact) mass is 602 g/mol. The van der Waals surface area contributed by atoms with Crippen LogP contribution in [0.5, 0.6) is 17.2 Å². The number of aromatic nitrogens is 2. The molecule has 2 amide bonds. The van der Waals surface area contributed by atoms with Crippen LogP contribution in [0.15, 0.2) is 72.0 Å². The number of carbonyl (C=O) groups excluding carboxylic acids is 2. The average Bonchev–Trinajstić information content (AvgIpc) is 3.43. The molecule has 11 heteroatoms. The first kappa shape index (κ1) is 32.4. The van der Waals surface area contributed by atoms with Crippen LogP contribution in [0.25, 0.3) is 10.9 Å². The minimum atomic E-state index is -0.353. The van der Waals surface area contributed by atoms with Crippen molar-refractivity contribution in [2.75, 3.05) is 52.3 Å². The van der Waals surface area contributed by atoms with Crippen LogP contribution in [-0.4, -0.2) is 85.7 Å². The van der Waals surface area contributed by atoms with E-state index in [2.05, 4.69) is 45.9 Å². The Morgan fingerprint density at radius 2 is 1.95 bits per heavy atom. The van der Waals surface area contributed by atoms with Crippen LogP contribution in [0.3, 0.4) is 0 Å². The molecule has 234 valence electrons. The molecule has 3 aromatic rings. The fourth-order valence-electron chi connectivity index (χ4n) is 4.98. The molecule has 2 aromatic heterocycles. The van der Waals surface area contributed by atoms with E-state index in [9.17, 15) is 9.59 Å². The Labute approximate surface area is 258 Å². The Morgan fingerprint density at radius 3 is 2.66 bits per heavy atom. The standard InChI is InChI=1S/C33H42N6O5/c1-6-7-26(22-35-21-24-9-13-38(14-10-24)23(2)3)32(40)37-31-19-27(8-12-36-31)44-30-18-25-11-15-39(33(41)34-4)28(25)20-29(30)43-17-16-42-5/h6-8,11-12,15,18-20,22-24H,1,9-10,13-14,16-17,21H2,2-5H3,(H,34,41)(H,36,37,40)/b26-7+,35-22-. The second kappa shape index (κ2) is 15.8. The quantitative estimate of drug-likeness (QED) is 0.118. The third-order valence-electron chi connectivity index (χ3n) is 7.47. The average molecular weight is 603 g/mol. The van der Waals surface area contributed by atoms with Crippen LogP contribution in [0.1, 0.15) is 26.7 Å². The normalized spacial score (nSPS) is 14.7. The zero-order valence-corrected chi connectivity index (χ0v) is 25.9. The van der Waals surface area contributed by atoms with Crippen molar-refractivity contribution in [3.63, 3.8) is 0 Å². The number of fused-ring (bicyclic) bond motifs is 1. The van der Waals surface area contributed by atoms with Gasteiger partial charge < -0.3 is 29.7 Å². The fourth-order valence-corrected chi connectivity index (χ4v) is 4.98. The Hall–Kier alpha value is -4.48. The number of nitrogens with zero attached hydrogens (tertiary/aromatic N) is 4. The van der Waals surface area contributed by atoms with Crippen molar-refractivity contribution in [2.24, 2.45) is 10.9 Å². The maximum atomic E-state index is 13.1. The van der Waals surface area contributed by atoms with Gasteiger partial charge in [0.05, 0.1) is 17.7 Å². The Kier molecular flexibility index (Phi) is 11.7. The summed E-state index contributed by atoms with van der Waals surface area (Å²) in [6, 6.07) is 8.96. The number of amides is 2. The van der Waals surface area contributed by atoms with Gasteiger partial charge in [0.25, 0.3) is 5.91 Å². The van der Waals surface area contributed by atoms with E-state index in [1.54, 1.807) is 69.2 Å². The van der Waals surface area contributed by atoms with Crippen LogP contribution in [0.4, 0.5) is 10.6 Å². The molecule has 1 fully saturated rings. The van der Waals surface area contributed by atoms with Crippen molar-refractivity contribution in [3.8, 4) is 17.2 Å². The largest absolute Gasteiger partial charge is 0.487 e. The lowest BCUT2D eigenvalue weighted by atomic mass is 9.96. The second-order valence-electron chi connectivity index (χ2n) is 10.8. The van der Waals surface area contributed by atoms with Crippen LogP contribution in [-0.2, 0) is 9.53 Å². The van der Waals surface area contributed by atoms with E-state index >= 15 is 0 Å². The van der Waals surface area contributed by atoms with Gasteiger partial charge in [0, 0.05) is 62.9 Å². The molecule has 0 radical (unpaired) electrons. The highest BCUT2D eigenvalue weighted by Crippen LogP contribution is 2.36. The van der Waals surface area contributed by atoms with Crippen molar-refractivity contribution >= 4 is 34.9 Å². The molecule has 0 unspecified atom stereocenters. The number of aliphatic imine (C=N–C) groups is 1. The minimum absolute atomic E-state index is 0.270. The molecule has 1 aromatic carbocycles. The Morgan fingerprint density at radius 1 is 1.16 bits per heavy atom. The summed E-state index contributed by atoms with van der Waals surface area (Å²) in [5, 5.41) is 6.24. The van der Waals surface area contributed by atoms with Gasteiger partial charge >= 0.3 is 6.03 Å². The number of piperidine rings is 1. The first-order chi connectivity index (χ1) is 21.3. The number of hydrogen-bond acceptors (Lipinski definition) is 8. The number of hydrogen-bond donors (Lipinski definition) is 2. The molecule has 1 aliphatic rings. The molecule has 0 spiro atoms. The number of allylic oxidation sites excluding steroid dienone is 2. The van der Waals surface area contributed by atoms with Crippen molar-refractivity contribution in [2.45, 2.75) is 32.7 Å². The van der Waals surface area contributed by atoms with Gasteiger partial charge in [-0.05, 0) is 70.0 Å². The lowest BCUT2D eigenvalue weighted by molar-refractivity contribution is -0.112. The number of ether oxygens (including phenoxy) is 3. The van der Waals surface area contributed by atoms with Crippen molar-refractivity contribution in [3.05, 3.63) is 67.0 Å². The molecule has 0 aliphatic carbocycles. The molecule has 3 heterocycles. The van der Waals surface area contributed by atoms with Gasteiger partial charge in [0.1, 0.15) is 18.2 Å². The zero-order chi connectivity index (χ0) is 31.5. The number of nitrogens with one attached hydrogen (secondary N) is 2. The number of carbonyl (C=O) groups is 2. The first-order valence-corrected chi connectivity index (χ1v) is 14.8. The van der Waals surface area contributed by atoms with E-state index in [4.69, 9.17) is 14.2 Å². The van der Waals surface area contributed by atoms with E-state index in [1.165, 1.54) is 4.57 Å². The summed E-state index contributed by atoms with van der Waals surface area (Å²) < 4.78 is 18.8. The highest BCUT2D eigenvalue weighted by Gasteiger charge is 2.20. The number of anilines is 1. The smallest absolute Gasteiger partial charge is 0.325 e. The number of methoxy groups -OCH3 is 1. The molecule has 0 bridgehead atoms. The van der Waals surface area contributed by atoms with Crippen LogP contribution in [0, 0.1) is 5.92 Å². The maximum Gasteiger partial charge on any atom is 0.325 e. The third kappa shape index (κ3) is 8.55. The molecule has 0 saturated carbocycles. The molecule has 1 aliphatic heterocycles. The number of pyridine rings is 1. The molecule has 11 nitrogen and oxygen atoms in total. The highest BCUT2D eigenvalue weighted by atomic mass is 16.5. The molecular formula is C33H42N6O5. The van der Waals surface area contributed by atoms with Gasteiger partial charge in [-0.1, -0.05) is 12.7 Å². The summed E-state index contributed by atoms with van der Waals surface area (Å²) in [4.78, 5) is 36.8. The van der Waals surface area contributed by atoms with Gasteiger partial charge in [0.2, 0.25) is 0 Å². The third-order valence-corrected chi connectivity index (χ3v) is 7.47. The van der Waals surface area contributed by atoms with E-state index in [1.807, 2.05) is 6.07 Å². The van der Waals surface area contributed by atoms with Crippen LogP contribution >= 0.6 is 0 Å². The molecule has 44 heavy (non-hydrogen) atoms. The molecule has 0 atom stereocenters. The van der Waals surface area contributed by atoms with E-state index in [0.29, 0.717) is 59.3 Å². The zero-order valence-electron chi connectivity index (χ0n) is 25.9. The molecule has 2 N–H and O–H groups in total. The van der Waals surface area contributed by atoms with Crippen LogP contribution < -0.4 is 20.1 Å². The van der Waals surface area contributed by atoms with Gasteiger partial charge in [-0.25, -0.2) is 9.78 Å². The van der Waals surface area contributed by atoms with Gasteiger partial charge in [-0.2, -0.15) is 0 Å². The summed E-state index contributed by atoms with van der Waals surface area (Å²) in [5.41, 5.74) is 1.05. The number of benzene rings is 1. The predicted molar refractivity (Wildman–Crippen MR) is 173 cm³/mol. The topological polar surface area (TPSA) is 119 Å².